The Hall–Kier alpha value is -0.870. The van der Waals surface area contributed by atoms with Crippen molar-refractivity contribution in [3.8, 4) is 0 Å². The molecular formula is C10H12N2OS. The van der Waals surface area contributed by atoms with Gasteiger partial charge in [0.05, 0.1) is 0 Å². The number of nitrogens with one attached hydrogen (secondary N) is 2. The molecule has 1 aromatic rings. The molecule has 0 bridgehead atoms. The lowest BCUT2D eigenvalue weighted by Crippen LogP contribution is -2.32. The molecule has 2 fully saturated rings. The number of fused-ring (bicyclic) bond motifs is 1. The molecule has 1 aliphatic heterocycles. The summed E-state index contributed by atoms with van der Waals surface area (Å²) in [7, 11) is 0. The Balaban J connectivity index is 1.61. The molecule has 4 heteroatoms. The predicted molar refractivity (Wildman–Crippen MR) is 55.4 cm³/mol. The molecule has 2 heterocycles. The van der Waals surface area contributed by atoms with Gasteiger partial charge in [0.2, 0.25) is 0 Å². The topological polar surface area (TPSA) is 41.1 Å². The maximum Gasteiger partial charge on any atom is 0.252 e. The Morgan fingerprint density at radius 2 is 2.29 bits per heavy atom. The van der Waals surface area contributed by atoms with E-state index in [2.05, 4.69) is 10.6 Å². The lowest BCUT2D eigenvalue weighted by molar-refractivity contribution is 0.0947. The van der Waals surface area contributed by atoms with E-state index in [0.717, 1.165) is 18.7 Å². The van der Waals surface area contributed by atoms with Crippen molar-refractivity contribution in [2.75, 3.05) is 13.1 Å². The van der Waals surface area contributed by atoms with E-state index >= 15 is 0 Å². The maximum atomic E-state index is 11.7. The molecule has 3 atom stereocenters. The van der Waals surface area contributed by atoms with Gasteiger partial charge in [-0.05, 0) is 23.3 Å². The van der Waals surface area contributed by atoms with Crippen LogP contribution in [-0.4, -0.2) is 25.0 Å². The summed E-state index contributed by atoms with van der Waals surface area (Å²) < 4.78 is 0. The van der Waals surface area contributed by atoms with Crippen molar-refractivity contribution in [3.05, 3.63) is 22.4 Å². The van der Waals surface area contributed by atoms with Gasteiger partial charge in [0.1, 0.15) is 0 Å². The highest BCUT2D eigenvalue weighted by Crippen LogP contribution is 2.41. The molecule has 3 nitrogen and oxygen atoms in total. The zero-order chi connectivity index (χ0) is 9.54. The van der Waals surface area contributed by atoms with Gasteiger partial charge in [0, 0.05) is 30.1 Å². The molecule has 1 amide bonds. The highest BCUT2D eigenvalue weighted by atomic mass is 32.1. The number of amides is 1. The monoisotopic (exact) mass is 208 g/mol. The lowest BCUT2D eigenvalue weighted by Gasteiger charge is -2.05. The zero-order valence-corrected chi connectivity index (χ0v) is 8.51. The molecule has 1 aromatic heterocycles. The Bertz CT molecular complexity index is 339. The summed E-state index contributed by atoms with van der Waals surface area (Å²) >= 11 is 1.56. The molecule has 1 unspecified atom stereocenters. The van der Waals surface area contributed by atoms with Gasteiger partial charge in [0.25, 0.3) is 5.91 Å². The minimum Gasteiger partial charge on any atom is -0.349 e. The average molecular weight is 208 g/mol. The number of hydrogen-bond donors (Lipinski definition) is 2. The van der Waals surface area contributed by atoms with Crippen LogP contribution in [0.15, 0.2) is 16.8 Å². The molecule has 1 saturated carbocycles. The van der Waals surface area contributed by atoms with Crippen molar-refractivity contribution in [1.29, 1.82) is 0 Å². The Morgan fingerprint density at radius 1 is 1.50 bits per heavy atom. The van der Waals surface area contributed by atoms with Crippen LogP contribution in [0.25, 0.3) is 0 Å². The van der Waals surface area contributed by atoms with Crippen molar-refractivity contribution in [2.45, 2.75) is 6.04 Å². The van der Waals surface area contributed by atoms with Crippen molar-refractivity contribution in [2.24, 2.45) is 11.8 Å². The van der Waals surface area contributed by atoms with Crippen molar-refractivity contribution in [1.82, 2.24) is 10.6 Å². The summed E-state index contributed by atoms with van der Waals surface area (Å²) in [5, 5.41) is 10.2. The van der Waals surface area contributed by atoms with Crippen molar-refractivity contribution in [3.63, 3.8) is 0 Å². The van der Waals surface area contributed by atoms with Gasteiger partial charge in [-0.1, -0.05) is 0 Å². The first kappa shape index (κ1) is 8.44. The highest BCUT2D eigenvalue weighted by Gasteiger charge is 2.53. The standard InChI is InChI=1S/C10H12N2OS/c13-10(6-1-2-14-5-6)12-9-7-3-11-4-8(7)9/h1-2,5,7-9,11H,3-4H2,(H,12,13)/t7-,8+,9?. The highest BCUT2D eigenvalue weighted by molar-refractivity contribution is 7.08. The number of carbonyl (C=O) groups excluding carboxylic acids is 1. The Morgan fingerprint density at radius 3 is 2.93 bits per heavy atom. The molecule has 14 heavy (non-hydrogen) atoms. The van der Waals surface area contributed by atoms with E-state index in [4.69, 9.17) is 0 Å². The molecule has 0 spiro atoms. The van der Waals surface area contributed by atoms with Crippen LogP contribution >= 0.6 is 11.3 Å². The van der Waals surface area contributed by atoms with Gasteiger partial charge in [-0.2, -0.15) is 11.3 Å². The molecule has 0 aromatic carbocycles. The van der Waals surface area contributed by atoms with Crippen LogP contribution in [0.5, 0.6) is 0 Å². The van der Waals surface area contributed by atoms with Crippen LogP contribution in [0.3, 0.4) is 0 Å². The third kappa shape index (κ3) is 1.26. The smallest absolute Gasteiger partial charge is 0.252 e. The van der Waals surface area contributed by atoms with Gasteiger partial charge >= 0.3 is 0 Å². The SMILES string of the molecule is O=C(NC1[C@H]2CNC[C@@H]12)c1ccsc1. The number of hydrogen-bond acceptors (Lipinski definition) is 3. The van der Waals surface area contributed by atoms with Gasteiger partial charge in [-0.15, -0.1) is 0 Å². The first-order chi connectivity index (χ1) is 6.86. The molecular weight excluding hydrogens is 196 g/mol. The summed E-state index contributed by atoms with van der Waals surface area (Å²) in [6.45, 7) is 2.14. The Labute approximate surface area is 86.5 Å². The summed E-state index contributed by atoms with van der Waals surface area (Å²) in [5.41, 5.74) is 0.799. The third-order valence-corrected chi connectivity index (χ3v) is 3.86. The molecule has 2 aliphatic rings. The Kier molecular flexibility index (Phi) is 1.85. The van der Waals surface area contributed by atoms with E-state index in [0.29, 0.717) is 17.9 Å². The lowest BCUT2D eigenvalue weighted by atomic mass is 10.3. The summed E-state index contributed by atoms with van der Waals surface area (Å²) in [6.07, 6.45) is 0. The second-order valence-electron chi connectivity index (χ2n) is 4.00. The van der Waals surface area contributed by atoms with E-state index in [-0.39, 0.29) is 5.91 Å². The van der Waals surface area contributed by atoms with Crippen molar-refractivity contribution < 1.29 is 4.79 Å². The fraction of sp³-hybridized carbons (Fsp3) is 0.500. The largest absolute Gasteiger partial charge is 0.349 e. The van der Waals surface area contributed by atoms with Gasteiger partial charge in [-0.3, -0.25) is 4.79 Å². The molecule has 2 N–H and O–H groups in total. The van der Waals surface area contributed by atoms with Crippen LogP contribution in [0.4, 0.5) is 0 Å². The third-order valence-electron chi connectivity index (χ3n) is 3.17. The molecule has 3 rings (SSSR count). The molecule has 74 valence electrons. The summed E-state index contributed by atoms with van der Waals surface area (Å²) in [4.78, 5) is 11.7. The minimum atomic E-state index is 0.0886. The van der Waals surface area contributed by atoms with E-state index in [1.54, 1.807) is 11.3 Å². The first-order valence-corrected chi connectivity index (χ1v) is 5.84. The number of thiophene rings is 1. The average Bonchev–Trinajstić information content (AvgIpc) is 2.75. The van der Waals surface area contributed by atoms with E-state index < -0.39 is 0 Å². The van der Waals surface area contributed by atoms with Crippen LogP contribution in [0, 0.1) is 11.8 Å². The summed E-state index contributed by atoms with van der Waals surface area (Å²) in [6, 6.07) is 2.31. The van der Waals surface area contributed by atoms with E-state index in [1.807, 2.05) is 16.8 Å². The number of piperidine rings is 1. The zero-order valence-electron chi connectivity index (χ0n) is 7.69. The second kappa shape index (κ2) is 3.07. The molecule has 0 radical (unpaired) electrons. The van der Waals surface area contributed by atoms with Crippen molar-refractivity contribution >= 4 is 17.2 Å². The maximum absolute atomic E-state index is 11.7. The normalized spacial score (nSPS) is 33.9. The quantitative estimate of drug-likeness (QED) is 0.751. The van der Waals surface area contributed by atoms with Crippen LogP contribution < -0.4 is 10.6 Å². The van der Waals surface area contributed by atoms with E-state index in [9.17, 15) is 4.79 Å². The van der Waals surface area contributed by atoms with Crippen LogP contribution in [0.2, 0.25) is 0 Å². The summed E-state index contributed by atoms with van der Waals surface area (Å²) in [5.74, 6) is 1.47. The van der Waals surface area contributed by atoms with Crippen LogP contribution in [0.1, 0.15) is 10.4 Å². The predicted octanol–water partition coefficient (Wildman–Crippen LogP) is 0.696. The van der Waals surface area contributed by atoms with Crippen LogP contribution in [-0.2, 0) is 0 Å². The number of carbonyl (C=O) groups is 1. The minimum absolute atomic E-state index is 0.0886. The van der Waals surface area contributed by atoms with Gasteiger partial charge < -0.3 is 10.6 Å². The van der Waals surface area contributed by atoms with Gasteiger partial charge in [-0.25, -0.2) is 0 Å². The number of rotatable bonds is 2. The van der Waals surface area contributed by atoms with Gasteiger partial charge in [0.15, 0.2) is 0 Å². The fourth-order valence-corrected chi connectivity index (χ4v) is 2.90. The molecule has 1 saturated heterocycles. The second-order valence-corrected chi connectivity index (χ2v) is 4.78. The molecule has 1 aliphatic carbocycles. The van der Waals surface area contributed by atoms with E-state index in [1.165, 1.54) is 0 Å². The fourth-order valence-electron chi connectivity index (χ4n) is 2.26. The first-order valence-electron chi connectivity index (χ1n) is 4.90.